The molecule has 7 nitrogen and oxygen atoms in total. The molecular weight excluding hydrogens is 440 g/mol. The van der Waals surface area contributed by atoms with Crippen LogP contribution in [0.25, 0.3) is 0 Å². The molecule has 4 rings (SSSR count). The highest BCUT2D eigenvalue weighted by Gasteiger charge is 2.29. The quantitative estimate of drug-likeness (QED) is 0.282. The summed E-state index contributed by atoms with van der Waals surface area (Å²) in [4.78, 5) is 39.7. The van der Waals surface area contributed by atoms with Crippen molar-refractivity contribution < 1.29 is 19.2 Å². The lowest BCUT2D eigenvalue weighted by Gasteiger charge is -2.31. The summed E-state index contributed by atoms with van der Waals surface area (Å²) in [7, 11) is 0. The zero-order chi connectivity index (χ0) is 23.4. The number of hydrogen-bond acceptors (Lipinski definition) is 6. The molecule has 1 aliphatic rings. The minimum absolute atomic E-state index is 0.0257. The number of nitro benzene ring substituents is 1. The molecule has 0 unspecified atom stereocenters. The van der Waals surface area contributed by atoms with Crippen LogP contribution in [-0.4, -0.2) is 29.4 Å². The summed E-state index contributed by atoms with van der Waals surface area (Å²) in [5, 5.41) is 11.6. The molecule has 1 heterocycles. The Morgan fingerprint density at radius 3 is 2.55 bits per heavy atom. The molecule has 3 aromatic rings. The molecule has 3 aromatic carbocycles. The van der Waals surface area contributed by atoms with Gasteiger partial charge in [-0.25, -0.2) is 4.79 Å². The van der Waals surface area contributed by atoms with Crippen LogP contribution < -0.4 is 4.90 Å². The van der Waals surface area contributed by atoms with Crippen LogP contribution >= 0.6 is 11.8 Å². The van der Waals surface area contributed by atoms with E-state index in [2.05, 4.69) is 0 Å². The molecule has 0 radical (unpaired) electrons. The van der Waals surface area contributed by atoms with Gasteiger partial charge in [-0.05, 0) is 55.7 Å². The Kier molecular flexibility index (Phi) is 6.74. The van der Waals surface area contributed by atoms with Crippen LogP contribution in [0, 0.1) is 10.1 Å². The van der Waals surface area contributed by atoms with Gasteiger partial charge in [0.05, 0.1) is 15.4 Å². The molecule has 0 saturated heterocycles. The number of carbonyl (C=O) groups is 2. The number of rotatable bonds is 6. The maximum atomic E-state index is 13.0. The third-order valence-corrected chi connectivity index (χ3v) is 6.44. The predicted molar refractivity (Wildman–Crippen MR) is 126 cm³/mol. The van der Waals surface area contributed by atoms with Gasteiger partial charge in [0.2, 0.25) is 0 Å². The van der Waals surface area contributed by atoms with E-state index < -0.39 is 17.0 Å². The first kappa shape index (κ1) is 22.5. The Bertz CT molecular complexity index is 1200. The average molecular weight is 463 g/mol. The summed E-state index contributed by atoms with van der Waals surface area (Å²) in [6, 6.07) is 21.1. The van der Waals surface area contributed by atoms with E-state index in [1.54, 1.807) is 4.90 Å². The first-order valence-electron chi connectivity index (χ1n) is 10.6. The van der Waals surface area contributed by atoms with Crippen LogP contribution in [0.2, 0.25) is 0 Å². The molecule has 1 amide bonds. The van der Waals surface area contributed by atoms with Crippen LogP contribution in [0.15, 0.2) is 82.6 Å². The van der Waals surface area contributed by atoms with Gasteiger partial charge in [-0.2, -0.15) is 0 Å². The van der Waals surface area contributed by atoms with Crippen molar-refractivity contribution in [1.82, 2.24) is 0 Å². The second kappa shape index (κ2) is 9.87. The molecule has 0 spiro atoms. The van der Waals surface area contributed by atoms with E-state index >= 15 is 0 Å². The van der Waals surface area contributed by atoms with Crippen molar-refractivity contribution in [2.24, 2.45) is 0 Å². The third kappa shape index (κ3) is 5.06. The van der Waals surface area contributed by atoms with Crippen molar-refractivity contribution in [3.63, 3.8) is 0 Å². The topological polar surface area (TPSA) is 89.7 Å². The fourth-order valence-corrected chi connectivity index (χ4v) is 4.67. The first-order valence-corrected chi connectivity index (χ1v) is 11.4. The summed E-state index contributed by atoms with van der Waals surface area (Å²) >= 11 is 1.24. The fourth-order valence-electron chi connectivity index (χ4n) is 3.75. The zero-order valence-electron chi connectivity index (χ0n) is 18.0. The molecule has 0 aromatic heterocycles. The van der Waals surface area contributed by atoms with Gasteiger partial charge in [-0.3, -0.25) is 14.9 Å². The monoisotopic (exact) mass is 462 g/mol. The molecule has 1 aliphatic heterocycles. The van der Waals surface area contributed by atoms with Crippen molar-refractivity contribution in [3.8, 4) is 0 Å². The van der Waals surface area contributed by atoms with Gasteiger partial charge in [-0.15, -0.1) is 0 Å². The van der Waals surface area contributed by atoms with E-state index in [1.807, 2.05) is 54.6 Å². The number of fused-ring (bicyclic) bond motifs is 1. The van der Waals surface area contributed by atoms with E-state index in [4.69, 9.17) is 4.74 Å². The number of benzene rings is 3. The van der Waals surface area contributed by atoms with Crippen LogP contribution in [0.3, 0.4) is 0 Å². The minimum atomic E-state index is -1.03. The van der Waals surface area contributed by atoms with Gasteiger partial charge in [0.1, 0.15) is 0 Å². The first-order chi connectivity index (χ1) is 15.9. The molecule has 168 valence electrons. The van der Waals surface area contributed by atoms with E-state index in [-0.39, 0.29) is 17.2 Å². The summed E-state index contributed by atoms with van der Waals surface area (Å²) in [6.07, 6.45) is 0.697. The van der Waals surface area contributed by atoms with E-state index in [0.29, 0.717) is 11.4 Å². The smallest absolute Gasteiger partial charge is 0.339 e. The number of hydrogen-bond donors (Lipinski definition) is 0. The number of nitrogens with zero attached hydrogens (tertiary/aromatic N) is 2. The highest BCUT2D eigenvalue weighted by atomic mass is 32.2. The van der Waals surface area contributed by atoms with Crippen LogP contribution in [0.4, 0.5) is 11.4 Å². The number of esters is 1. The maximum absolute atomic E-state index is 13.0. The Morgan fingerprint density at radius 1 is 1.06 bits per heavy atom. The number of ether oxygens (including phenoxy) is 1. The van der Waals surface area contributed by atoms with Crippen molar-refractivity contribution in [2.45, 2.75) is 35.7 Å². The molecular formula is C25H22N2O5S. The Hall–Kier alpha value is -3.65. The van der Waals surface area contributed by atoms with E-state index in [1.165, 1.54) is 36.9 Å². The number of aryl methyl sites for hydroxylation is 1. The standard InChI is InChI=1S/C25H22N2O5S/c1-17(24(28)26-15-7-9-18-8-5-6-12-21(18)26)32-25(29)19-13-14-23(22(16-19)27(30)31)33-20-10-3-2-4-11-20/h2-6,8,10-14,16-17H,7,9,15H2,1H3/t17-/m0/s1. The van der Waals surface area contributed by atoms with Crippen molar-refractivity contribution in [2.75, 3.05) is 11.4 Å². The van der Waals surface area contributed by atoms with E-state index in [0.717, 1.165) is 29.0 Å². The summed E-state index contributed by atoms with van der Waals surface area (Å²) in [5.74, 6) is -1.10. The van der Waals surface area contributed by atoms with Crippen molar-refractivity contribution in [3.05, 3.63) is 94.0 Å². The summed E-state index contributed by atoms with van der Waals surface area (Å²) in [6.45, 7) is 2.07. The third-order valence-electron chi connectivity index (χ3n) is 5.37. The van der Waals surface area contributed by atoms with Gasteiger partial charge in [0.25, 0.3) is 11.6 Å². The summed E-state index contributed by atoms with van der Waals surface area (Å²) in [5.41, 5.74) is 1.74. The van der Waals surface area contributed by atoms with Gasteiger partial charge >= 0.3 is 5.97 Å². The fraction of sp³-hybridized carbons (Fsp3) is 0.200. The molecule has 8 heteroatoms. The highest BCUT2D eigenvalue weighted by Crippen LogP contribution is 2.35. The normalized spacial score (nSPS) is 13.7. The molecule has 33 heavy (non-hydrogen) atoms. The van der Waals surface area contributed by atoms with Gasteiger partial charge in [-0.1, -0.05) is 48.2 Å². The lowest BCUT2D eigenvalue weighted by molar-refractivity contribution is -0.387. The Labute approximate surface area is 195 Å². The average Bonchev–Trinajstić information content (AvgIpc) is 2.83. The number of anilines is 1. The molecule has 0 fully saturated rings. The lowest BCUT2D eigenvalue weighted by Crippen LogP contribution is -2.42. The highest BCUT2D eigenvalue weighted by molar-refractivity contribution is 7.99. The van der Waals surface area contributed by atoms with Crippen LogP contribution in [0.1, 0.15) is 29.3 Å². The van der Waals surface area contributed by atoms with Gasteiger partial charge in [0.15, 0.2) is 6.10 Å². The molecule has 0 N–H and O–H groups in total. The van der Waals surface area contributed by atoms with Crippen LogP contribution in [-0.2, 0) is 16.0 Å². The molecule has 1 atom stereocenters. The molecule has 0 bridgehead atoms. The predicted octanol–water partition coefficient (Wildman–Crippen LogP) is 5.27. The number of carbonyl (C=O) groups excluding carboxylic acids is 2. The second-order valence-corrected chi connectivity index (χ2v) is 8.74. The Morgan fingerprint density at radius 2 is 1.79 bits per heavy atom. The van der Waals surface area contributed by atoms with Crippen LogP contribution in [0.5, 0.6) is 0 Å². The number of para-hydroxylation sites is 1. The second-order valence-electron chi connectivity index (χ2n) is 7.62. The molecule has 0 aliphatic carbocycles. The SMILES string of the molecule is C[C@H](OC(=O)c1ccc(Sc2ccccc2)c([N+](=O)[O-])c1)C(=O)N1CCCc2ccccc21. The lowest BCUT2D eigenvalue weighted by atomic mass is 10.0. The zero-order valence-corrected chi connectivity index (χ0v) is 18.8. The summed E-state index contributed by atoms with van der Waals surface area (Å²) < 4.78 is 5.40. The van der Waals surface area contributed by atoms with E-state index in [9.17, 15) is 19.7 Å². The number of amides is 1. The molecule has 0 saturated carbocycles. The maximum Gasteiger partial charge on any atom is 0.339 e. The van der Waals surface area contributed by atoms with Gasteiger partial charge < -0.3 is 9.64 Å². The van der Waals surface area contributed by atoms with Gasteiger partial charge in [0, 0.05) is 23.2 Å². The van der Waals surface area contributed by atoms with Crippen molar-refractivity contribution >= 4 is 35.0 Å². The largest absolute Gasteiger partial charge is 0.449 e. The number of nitro groups is 1. The Balaban J connectivity index is 1.49. The minimum Gasteiger partial charge on any atom is -0.449 e. The van der Waals surface area contributed by atoms with Crippen molar-refractivity contribution in [1.29, 1.82) is 0 Å².